The van der Waals surface area contributed by atoms with E-state index >= 15 is 0 Å². The molecule has 158 valence electrons. The van der Waals surface area contributed by atoms with Crippen molar-refractivity contribution in [1.29, 1.82) is 0 Å². The van der Waals surface area contributed by atoms with Gasteiger partial charge in [0.05, 0.1) is 5.92 Å². The van der Waals surface area contributed by atoms with E-state index in [1.54, 1.807) is 55.0 Å². The molecule has 7 nitrogen and oxygen atoms in total. The Morgan fingerprint density at radius 1 is 1.13 bits per heavy atom. The number of likely N-dealkylation sites (N-methyl/N-ethyl adjacent to an activating group) is 1. The van der Waals surface area contributed by atoms with Crippen LogP contribution in [0, 0.1) is 5.92 Å². The van der Waals surface area contributed by atoms with Crippen molar-refractivity contribution in [3.63, 3.8) is 0 Å². The van der Waals surface area contributed by atoms with Crippen molar-refractivity contribution in [3.05, 3.63) is 48.5 Å². The largest absolute Gasteiger partial charge is 0.484 e. The third-order valence-electron chi connectivity index (χ3n) is 4.86. The Bertz CT molecular complexity index is 913. The van der Waals surface area contributed by atoms with Gasteiger partial charge in [-0.2, -0.15) is 0 Å². The number of amides is 3. The van der Waals surface area contributed by atoms with E-state index in [-0.39, 0.29) is 30.7 Å². The molecule has 0 radical (unpaired) electrons. The van der Waals surface area contributed by atoms with Gasteiger partial charge in [-0.3, -0.25) is 14.4 Å². The number of hydrogen-bond acceptors (Lipinski definition) is 5. The van der Waals surface area contributed by atoms with Crippen LogP contribution in [0.15, 0.2) is 53.4 Å². The smallest absolute Gasteiger partial charge is 0.259 e. The molecule has 1 unspecified atom stereocenters. The maximum atomic E-state index is 12.6. The number of ether oxygens (including phenoxy) is 1. The first-order valence-corrected chi connectivity index (χ1v) is 10.8. The highest BCUT2D eigenvalue weighted by atomic mass is 32.2. The highest BCUT2D eigenvalue weighted by molar-refractivity contribution is 7.98. The van der Waals surface area contributed by atoms with Crippen molar-refractivity contribution >= 4 is 40.9 Å². The predicted octanol–water partition coefficient (Wildman–Crippen LogP) is 2.87. The van der Waals surface area contributed by atoms with Gasteiger partial charge < -0.3 is 19.9 Å². The van der Waals surface area contributed by atoms with Crippen LogP contribution in [0.5, 0.6) is 5.75 Å². The number of nitrogens with zero attached hydrogens (tertiary/aromatic N) is 2. The molecule has 2 aromatic rings. The Morgan fingerprint density at radius 3 is 2.40 bits per heavy atom. The minimum Gasteiger partial charge on any atom is -0.484 e. The Balaban J connectivity index is 1.55. The molecule has 2 aromatic carbocycles. The van der Waals surface area contributed by atoms with Crippen molar-refractivity contribution in [2.24, 2.45) is 5.92 Å². The number of thioether (sulfide) groups is 1. The van der Waals surface area contributed by atoms with E-state index in [1.807, 2.05) is 30.5 Å². The number of carbonyl (C=O) groups excluding carboxylic acids is 3. The van der Waals surface area contributed by atoms with Crippen molar-refractivity contribution < 1.29 is 19.1 Å². The molecular formula is C22H25N3O4S. The van der Waals surface area contributed by atoms with Crippen molar-refractivity contribution in [3.8, 4) is 5.75 Å². The van der Waals surface area contributed by atoms with Crippen LogP contribution in [0.2, 0.25) is 0 Å². The second-order valence-electron chi connectivity index (χ2n) is 7.19. The highest BCUT2D eigenvalue weighted by Crippen LogP contribution is 2.28. The van der Waals surface area contributed by atoms with Gasteiger partial charge in [-0.05, 0) is 54.8 Å². The molecule has 1 atom stereocenters. The third kappa shape index (κ3) is 5.33. The van der Waals surface area contributed by atoms with E-state index < -0.39 is 5.92 Å². The van der Waals surface area contributed by atoms with Gasteiger partial charge in [0.25, 0.3) is 5.91 Å². The summed E-state index contributed by atoms with van der Waals surface area (Å²) in [5.41, 5.74) is 1.42. The summed E-state index contributed by atoms with van der Waals surface area (Å²) in [5, 5.41) is 2.85. The Kier molecular flexibility index (Phi) is 6.99. The normalized spacial score (nSPS) is 15.8. The predicted molar refractivity (Wildman–Crippen MR) is 118 cm³/mol. The minimum absolute atomic E-state index is 0.0450. The topological polar surface area (TPSA) is 79.0 Å². The summed E-state index contributed by atoms with van der Waals surface area (Å²) in [4.78, 5) is 40.9. The fourth-order valence-corrected chi connectivity index (χ4v) is 3.46. The SMILES string of the molecule is CSc1ccc(N2CC(C(=O)Nc3ccc(OCC(=O)N(C)C)cc3)CC2=O)cc1. The summed E-state index contributed by atoms with van der Waals surface area (Å²) in [6.07, 6.45) is 2.18. The van der Waals surface area contributed by atoms with E-state index in [0.29, 0.717) is 18.0 Å². The van der Waals surface area contributed by atoms with Gasteiger partial charge in [-0.1, -0.05) is 0 Å². The number of rotatable bonds is 7. The third-order valence-corrected chi connectivity index (χ3v) is 5.61. The van der Waals surface area contributed by atoms with Crippen LogP contribution in [0.3, 0.4) is 0 Å². The van der Waals surface area contributed by atoms with Crippen LogP contribution >= 0.6 is 11.8 Å². The van der Waals surface area contributed by atoms with E-state index in [9.17, 15) is 14.4 Å². The second-order valence-corrected chi connectivity index (χ2v) is 8.07. The average Bonchev–Trinajstić information content (AvgIpc) is 3.14. The molecule has 1 fully saturated rings. The summed E-state index contributed by atoms with van der Waals surface area (Å²) < 4.78 is 5.43. The molecule has 3 amide bonds. The highest BCUT2D eigenvalue weighted by Gasteiger charge is 2.35. The number of nitrogens with one attached hydrogen (secondary N) is 1. The maximum absolute atomic E-state index is 12.6. The quantitative estimate of drug-likeness (QED) is 0.688. The zero-order valence-corrected chi connectivity index (χ0v) is 18.1. The first kappa shape index (κ1) is 21.7. The Hall–Kier alpha value is -3.00. The summed E-state index contributed by atoms with van der Waals surface area (Å²) in [5.74, 6) is -0.249. The molecule has 30 heavy (non-hydrogen) atoms. The first-order chi connectivity index (χ1) is 14.4. The lowest BCUT2D eigenvalue weighted by Gasteiger charge is -2.17. The van der Waals surface area contributed by atoms with Gasteiger partial charge in [0.2, 0.25) is 11.8 Å². The fourth-order valence-electron chi connectivity index (χ4n) is 3.05. The average molecular weight is 428 g/mol. The molecule has 1 N–H and O–H groups in total. The Morgan fingerprint density at radius 2 is 1.80 bits per heavy atom. The fraction of sp³-hybridized carbons (Fsp3) is 0.318. The van der Waals surface area contributed by atoms with E-state index in [4.69, 9.17) is 4.74 Å². The van der Waals surface area contributed by atoms with Gasteiger partial charge in [0.1, 0.15) is 5.75 Å². The molecule has 0 aromatic heterocycles. The van der Waals surface area contributed by atoms with E-state index in [0.717, 1.165) is 10.6 Å². The molecule has 1 aliphatic rings. The van der Waals surface area contributed by atoms with E-state index in [2.05, 4.69) is 5.32 Å². The monoisotopic (exact) mass is 427 g/mol. The van der Waals surface area contributed by atoms with Crippen LogP contribution < -0.4 is 15.0 Å². The van der Waals surface area contributed by atoms with Crippen LogP contribution in [0.1, 0.15) is 6.42 Å². The lowest BCUT2D eigenvalue weighted by molar-refractivity contribution is -0.130. The van der Waals surface area contributed by atoms with Gasteiger partial charge >= 0.3 is 0 Å². The van der Waals surface area contributed by atoms with Gasteiger partial charge in [-0.25, -0.2) is 0 Å². The first-order valence-electron chi connectivity index (χ1n) is 9.55. The van der Waals surface area contributed by atoms with Crippen molar-refractivity contribution in [1.82, 2.24) is 4.90 Å². The number of hydrogen-bond donors (Lipinski definition) is 1. The molecule has 8 heteroatoms. The molecule has 0 bridgehead atoms. The summed E-state index contributed by atoms with van der Waals surface area (Å²) in [6.45, 7) is 0.313. The summed E-state index contributed by atoms with van der Waals surface area (Å²) >= 11 is 1.64. The van der Waals surface area contributed by atoms with Crippen LogP contribution in [0.25, 0.3) is 0 Å². The van der Waals surface area contributed by atoms with Crippen LogP contribution in [0.4, 0.5) is 11.4 Å². The van der Waals surface area contributed by atoms with E-state index in [1.165, 1.54) is 4.90 Å². The summed E-state index contributed by atoms with van der Waals surface area (Å²) in [6, 6.07) is 14.6. The Labute approximate surface area is 180 Å². The molecule has 0 saturated carbocycles. The second kappa shape index (κ2) is 9.67. The zero-order chi connectivity index (χ0) is 21.7. The lowest BCUT2D eigenvalue weighted by Crippen LogP contribution is -2.28. The summed E-state index contributed by atoms with van der Waals surface area (Å²) in [7, 11) is 3.33. The number of anilines is 2. The molecule has 1 aliphatic heterocycles. The number of benzene rings is 2. The maximum Gasteiger partial charge on any atom is 0.259 e. The van der Waals surface area contributed by atoms with Gasteiger partial charge in [-0.15, -0.1) is 11.8 Å². The number of carbonyl (C=O) groups is 3. The minimum atomic E-state index is -0.411. The molecule has 0 spiro atoms. The van der Waals surface area contributed by atoms with Gasteiger partial charge in [0, 0.05) is 43.3 Å². The van der Waals surface area contributed by atoms with Crippen molar-refractivity contribution in [2.75, 3.05) is 43.7 Å². The molecule has 1 heterocycles. The molecule has 0 aliphatic carbocycles. The van der Waals surface area contributed by atoms with Crippen LogP contribution in [-0.2, 0) is 14.4 Å². The zero-order valence-electron chi connectivity index (χ0n) is 17.3. The van der Waals surface area contributed by atoms with Crippen LogP contribution in [-0.4, -0.2) is 56.1 Å². The lowest BCUT2D eigenvalue weighted by atomic mass is 10.1. The molecular weight excluding hydrogens is 402 g/mol. The molecule has 1 saturated heterocycles. The standard InChI is InChI=1S/C22H25N3O4S/c1-24(2)21(27)14-29-18-8-4-16(5-9-18)23-22(28)15-12-20(26)25(13-15)17-6-10-19(30-3)11-7-17/h4-11,15H,12-14H2,1-3H3,(H,23,28). The molecule has 3 rings (SSSR count). The van der Waals surface area contributed by atoms with Gasteiger partial charge in [0.15, 0.2) is 6.61 Å². The van der Waals surface area contributed by atoms with Crippen molar-refractivity contribution in [2.45, 2.75) is 11.3 Å².